The fourth-order valence-electron chi connectivity index (χ4n) is 2.06. The number of carbonyl (C=O) groups excluding carboxylic acids is 5. The third kappa shape index (κ3) is 10.3. The lowest BCUT2D eigenvalue weighted by Crippen LogP contribution is -2.58. The van der Waals surface area contributed by atoms with Crippen molar-refractivity contribution in [2.45, 2.75) is 43.4 Å². The highest BCUT2D eigenvalue weighted by Crippen LogP contribution is 2.03. The number of thiol groups is 2. The Morgan fingerprint density at radius 1 is 0.767 bits per heavy atom. The summed E-state index contributed by atoms with van der Waals surface area (Å²) in [6.45, 7) is 0. The molecule has 0 aliphatic heterocycles. The molecule has 170 valence electrons. The molecule has 30 heavy (non-hydrogen) atoms. The molecule has 0 bridgehead atoms. The predicted molar refractivity (Wildman–Crippen MR) is 111 cm³/mol. The Balaban J connectivity index is 5.45. The number of rotatable bonds is 14. The van der Waals surface area contributed by atoms with Crippen LogP contribution in [0.3, 0.4) is 0 Å². The highest BCUT2D eigenvalue weighted by molar-refractivity contribution is 7.80. The minimum atomic E-state index is -1.47. The van der Waals surface area contributed by atoms with E-state index >= 15 is 0 Å². The zero-order valence-corrected chi connectivity index (χ0v) is 17.7. The third-order valence-corrected chi connectivity index (χ3v) is 4.44. The number of carbonyl (C=O) groups is 6. The Bertz CT molecular complexity index is 678. The van der Waals surface area contributed by atoms with Crippen LogP contribution in [-0.2, 0) is 28.8 Å². The first kappa shape index (κ1) is 27.5. The van der Waals surface area contributed by atoms with E-state index in [1.807, 2.05) is 0 Å². The van der Waals surface area contributed by atoms with E-state index in [0.717, 1.165) is 0 Å². The highest BCUT2D eigenvalue weighted by atomic mass is 32.1. The first-order chi connectivity index (χ1) is 13.9. The topological polar surface area (TPSA) is 237 Å². The lowest BCUT2D eigenvalue weighted by molar-refractivity contribution is -0.142. The van der Waals surface area contributed by atoms with E-state index in [1.165, 1.54) is 0 Å². The molecule has 0 heterocycles. The van der Waals surface area contributed by atoms with E-state index in [1.54, 1.807) is 0 Å². The monoisotopic (exact) mass is 466 g/mol. The van der Waals surface area contributed by atoms with Gasteiger partial charge in [0.05, 0.1) is 12.5 Å². The maximum atomic E-state index is 12.6. The van der Waals surface area contributed by atoms with E-state index in [-0.39, 0.29) is 24.3 Å². The molecule has 5 amide bonds. The summed E-state index contributed by atoms with van der Waals surface area (Å²) in [6.07, 6.45) is -1.18. The van der Waals surface area contributed by atoms with Crippen LogP contribution in [0, 0.1) is 0 Å². The van der Waals surface area contributed by atoms with Gasteiger partial charge in [-0.15, -0.1) is 0 Å². The molecule has 4 atom stereocenters. The van der Waals surface area contributed by atoms with Gasteiger partial charge >= 0.3 is 5.97 Å². The zero-order chi connectivity index (χ0) is 23.4. The number of amides is 5. The van der Waals surface area contributed by atoms with Crippen molar-refractivity contribution < 1.29 is 33.9 Å². The smallest absolute Gasteiger partial charge is 0.327 e. The molecule has 0 aromatic carbocycles. The Hall–Kier alpha value is -2.52. The summed E-state index contributed by atoms with van der Waals surface area (Å²) in [5.41, 5.74) is 15.7. The van der Waals surface area contributed by atoms with Crippen molar-refractivity contribution in [3.05, 3.63) is 0 Å². The minimum absolute atomic E-state index is 0.0410. The van der Waals surface area contributed by atoms with Crippen LogP contribution in [-0.4, -0.2) is 76.3 Å². The SMILES string of the molecule is NC(=O)CCC(NC(=O)C(CC(N)=O)NC(=O)C(N)CS)C(=O)NC(CS)C(=O)O. The maximum Gasteiger partial charge on any atom is 0.327 e. The van der Waals surface area contributed by atoms with E-state index in [4.69, 9.17) is 22.3 Å². The van der Waals surface area contributed by atoms with Crippen LogP contribution in [0.4, 0.5) is 0 Å². The van der Waals surface area contributed by atoms with Gasteiger partial charge in [0.2, 0.25) is 29.5 Å². The van der Waals surface area contributed by atoms with Gasteiger partial charge in [-0.1, -0.05) is 0 Å². The van der Waals surface area contributed by atoms with Crippen LogP contribution in [0.15, 0.2) is 0 Å². The van der Waals surface area contributed by atoms with Gasteiger partial charge in [-0.05, 0) is 6.42 Å². The van der Waals surface area contributed by atoms with Gasteiger partial charge in [-0.3, -0.25) is 24.0 Å². The van der Waals surface area contributed by atoms with Crippen LogP contribution >= 0.6 is 25.3 Å². The number of carboxylic acid groups (broad SMARTS) is 1. The molecule has 0 spiro atoms. The Labute approximate surface area is 183 Å². The van der Waals surface area contributed by atoms with Crippen LogP contribution in [0.5, 0.6) is 0 Å². The second kappa shape index (κ2) is 13.7. The van der Waals surface area contributed by atoms with E-state index in [0.29, 0.717) is 0 Å². The number of nitrogens with one attached hydrogen (secondary N) is 3. The summed E-state index contributed by atoms with van der Waals surface area (Å²) >= 11 is 7.67. The summed E-state index contributed by atoms with van der Waals surface area (Å²) in [5, 5.41) is 15.6. The number of nitrogens with two attached hydrogens (primary N) is 3. The van der Waals surface area contributed by atoms with Crippen LogP contribution in [0.25, 0.3) is 0 Å². The molecule has 0 aromatic heterocycles. The van der Waals surface area contributed by atoms with Crippen molar-refractivity contribution in [1.29, 1.82) is 0 Å². The summed E-state index contributed by atoms with van der Waals surface area (Å²) in [4.78, 5) is 70.3. The number of primary amides is 2. The predicted octanol–water partition coefficient (Wildman–Crippen LogP) is -4.15. The average Bonchev–Trinajstić information content (AvgIpc) is 2.66. The molecule has 15 heteroatoms. The Morgan fingerprint density at radius 3 is 1.70 bits per heavy atom. The molecule has 0 aliphatic carbocycles. The first-order valence-corrected chi connectivity index (χ1v) is 9.87. The van der Waals surface area contributed by atoms with Crippen molar-refractivity contribution >= 4 is 60.8 Å². The van der Waals surface area contributed by atoms with Gasteiger partial charge in [0, 0.05) is 17.9 Å². The van der Waals surface area contributed by atoms with Gasteiger partial charge in [0.25, 0.3) is 0 Å². The minimum Gasteiger partial charge on any atom is -0.480 e. The maximum absolute atomic E-state index is 12.6. The van der Waals surface area contributed by atoms with Gasteiger partial charge in [0.15, 0.2) is 0 Å². The Morgan fingerprint density at radius 2 is 1.27 bits per heavy atom. The first-order valence-electron chi connectivity index (χ1n) is 8.60. The summed E-state index contributed by atoms with van der Waals surface area (Å²) in [5.74, 6) is -6.02. The standard InChI is InChI=1S/C15H26N6O7S2/c16-6(4-29)12(24)20-8(3-11(18)23)14(26)19-7(1-2-10(17)22)13(25)21-9(5-30)15(27)28/h6-9,29-30H,1-5,16H2,(H2,17,22)(H2,18,23)(H,19,26)(H,20,24)(H,21,25)(H,27,28). The molecule has 10 N–H and O–H groups in total. The van der Waals surface area contributed by atoms with Crippen molar-refractivity contribution in [1.82, 2.24) is 16.0 Å². The Kier molecular flexibility index (Phi) is 12.5. The molecule has 0 aromatic rings. The van der Waals surface area contributed by atoms with E-state index in [9.17, 15) is 28.8 Å². The second-order valence-electron chi connectivity index (χ2n) is 6.17. The third-order valence-electron chi connectivity index (χ3n) is 3.68. The average molecular weight is 467 g/mol. The van der Waals surface area contributed by atoms with Crippen LogP contribution < -0.4 is 33.2 Å². The summed E-state index contributed by atoms with van der Waals surface area (Å²) in [6, 6.07) is -5.29. The second-order valence-corrected chi connectivity index (χ2v) is 6.90. The fraction of sp³-hybridized carbons (Fsp3) is 0.600. The number of aliphatic carboxylic acids is 1. The molecule has 0 saturated carbocycles. The van der Waals surface area contributed by atoms with Crippen molar-refractivity contribution in [3.8, 4) is 0 Å². The summed E-state index contributed by atoms with van der Waals surface area (Å²) in [7, 11) is 0. The normalized spacial score (nSPS) is 14.5. The van der Waals surface area contributed by atoms with E-state index in [2.05, 4.69) is 41.2 Å². The van der Waals surface area contributed by atoms with Crippen molar-refractivity contribution in [3.63, 3.8) is 0 Å². The zero-order valence-electron chi connectivity index (χ0n) is 15.9. The van der Waals surface area contributed by atoms with Gasteiger partial charge in [-0.2, -0.15) is 25.3 Å². The van der Waals surface area contributed by atoms with Gasteiger partial charge in [0.1, 0.15) is 18.1 Å². The molecule has 0 aliphatic rings. The summed E-state index contributed by atoms with van der Waals surface area (Å²) < 4.78 is 0. The van der Waals surface area contributed by atoms with Gasteiger partial charge in [-0.25, -0.2) is 4.79 Å². The highest BCUT2D eigenvalue weighted by Gasteiger charge is 2.30. The lowest BCUT2D eigenvalue weighted by atomic mass is 10.1. The molecule has 0 rings (SSSR count). The molecule has 4 unspecified atom stereocenters. The fourth-order valence-corrected chi connectivity index (χ4v) is 2.47. The van der Waals surface area contributed by atoms with Crippen molar-refractivity contribution in [2.24, 2.45) is 17.2 Å². The van der Waals surface area contributed by atoms with Crippen LogP contribution in [0.2, 0.25) is 0 Å². The molecule has 0 fully saturated rings. The number of hydrogen-bond donors (Lipinski definition) is 9. The molecule has 0 radical (unpaired) electrons. The lowest BCUT2D eigenvalue weighted by Gasteiger charge is -2.24. The number of hydrogen-bond acceptors (Lipinski definition) is 9. The van der Waals surface area contributed by atoms with E-state index < -0.39 is 66.1 Å². The molecule has 0 saturated heterocycles. The van der Waals surface area contributed by atoms with Gasteiger partial charge < -0.3 is 38.3 Å². The quantitative estimate of drug-likeness (QED) is 0.114. The van der Waals surface area contributed by atoms with Crippen LogP contribution in [0.1, 0.15) is 19.3 Å². The largest absolute Gasteiger partial charge is 0.480 e. The van der Waals surface area contributed by atoms with Crippen molar-refractivity contribution in [2.75, 3.05) is 11.5 Å². The molecular weight excluding hydrogens is 440 g/mol. The molecule has 13 nitrogen and oxygen atoms in total. The molecular formula is C15H26N6O7S2. The number of carboxylic acids is 1.